The molecule has 1 aromatic heterocycles. The molecule has 0 saturated carbocycles. The van der Waals surface area contributed by atoms with Gasteiger partial charge in [-0.15, -0.1) is 0 Å². The molecule has 1 atom stereocenters. The second kappa shape index (κ2) is 6.56. The van der Waals surface area contributed by atoms with Crippen LogP contribution in [-0.4, -0.2) is 16.5 Å². The molecule has 0 radical (unpaired) electrons. The molecule has 0 amide bonds. The quantitative estimate of drug-likeness (QED) is 0.513. The second-order valence-electron chi connectivity index (χ2n) is 3.66. The summed E-state index contributed by atoms with van der Waals surface area (Å²) in [5.41, 5.74) is 1.26. The number of nitrogens with zero attached hydrogens (tertiary/aromatic N) is 2. The molecule has 0 spiro atoms. The summed E-state index contributed by atoms with van der Waals surface area (Å²) in [7, 11) is 0. The van der Waals surface area contributed by atoms with Crippen LogP contribution in [0.25, 0.3) is 0 Å². The topological polar surface area (TPSA) is 68.1 Å². The van der Waals surface area contributed by atoms with Crippen LogP contribution in [-0.2, 0) is 0 Å². The van der Waals surface area contributed by atoms with Crippen LogP contribution in [0.3, 0.4) is 0 Å². The summed E-state index contributed by atoms with van der Waals surface area (Å²) >= 11 is 11.6. The summed E-state index contributed by atoms with van der Waals surface area (Å²) in [5.74, 6) is -0.211. The maximum Gasteiger partial charge on any atom is 0.253 e. The Morgan fingerprint density at radius 3 is 2.83 bits per heavy atom. The molecule has 1 unspecified atom stereocenters. The first kappa shape index (κ1) is 14.7. The lowest BCUT2D eigenvalue weighted by molar-refractivity contribution is -0.404. The van der Waals surface area contributed by atoms with Crippen LogP contribution < -0.4 is 5.32 Å². The number of hydrogen-bond donors (Lipinski definition) is 1. The van der Waals surface area contributed by atoms with Crippen LogP contribution in [0, 0.1) is 10.1 Å². The maximum absolute atomic E-state index is 10.6. The van der Waals surface area contributed by atoms with E-state index in [1.807, 2.05) is 13.8 Å². The van der Waals surface area contributed by atoms with Crippen molar-refractivity contribution in [3.05, 3.63) is 50.0 Å². The van der Waals surface area contributed by atoms with Crippen LogP contribution in [0.2, 0.25) is 10.2 Å². The molecule has 1 N–H and O–H groups in total. The van der Waals surface area contributed by atoms with Crippen LogP contribution in [0.5, 0.6) is 0 Å². The van der Waals surface area contributed by atoms with Crippen molar-refractivity contribution >= 4 is 23.2 Å². The van der Waals surface area contributed by atoms with Gasteiger partial charge in [-0.2, -0.15) is 0 Å². The number of nitrogens with one attached hydrogen (secondary N) is 1. The van der Waals surface area contributed by atoms with Gasteiger partial charge < -0.3 is 5.32 Å². The Kier molecular flexibility index (Phi) is 5.37. The van der Waals surface area contributed by atoms with Crippen molar-refractivity contribution in [3.8, 4) is 0 Å². The molecule has 1 heterocycles. The highest BCUT2D eigenvalue weighted by Gasteiger charge is 2.16. The minimum Gasteiger partial charge on any atom is -0.383 e. The molecule has 7 heteroatoms. The molecule has 0 aromatic carbocycles. The number of halogens is 2. The van der Waals surface area contributed by atoms with Gasteiger partial charge in [0.1, 0.15) is 5.15 Å². The van der Waals surface area contributed by atoms with E-state index in [4.69, 9.17) is 23.2 Å². The molecule has 5 nitrogen and oxygen atoms in total. The fourth-order valence-electron chi connectivity index (χ4n) is 1.48. The Balaban J connectivity index is 3.05. The standard InChI is InChI=1S/C11H13Cl2N3O2/c1-3-14-10(6-16(17)18)7(2)8-4-9(12)11(13)15-5-8/h4-7,14H,3H2,1-2H3/b10-6+. The Hall–Kier alpha value is -1.33. The molecule has 18 heavy (non-hydrogen) atoms. The molecule has 1 rings (SSSR count). The van der Waals surface area contributed by atoms with Crippen molar-refractivity contribution < 1.29 is 4.92 Å². The number of pyridine rings is 1. The number of likely N-dealkylation sites (N-methyl/N-ethyl adjacent to an activating group) is 1. The van der Waals surface area contributed by atoms with E-state index in [9.17, 15) is 10.1 Å². The van der Waals surface area contributed by atoms with Gasteiger partial charge in [0, 0.05) is 18.7 Å². The molecule has 0 fully saturated rings. The van der Waals surface area contributed by atoms with Crippen LogP contribution >= 0.6 is 23.2 Å². The molecule has 98 valence electrons. The van der Waals surface area contributed by atoms with Gasteiger partial charge in [0.05, 0.1) is 15.6 Å². The maximum atomic E-state index is 10.6. The highest BCUT2D eigenvalue weighted by molar-refractivity contribution is 6.41. The lowest BCUT2D eigenvalue weighted by Crippen LogP contribution is -2.18. The summed E-state index contributed by atoms with van der Waals surface area (Å²) in [6.45, 7) is 4.30. The fourth-order valence-corrected chi connectivity index (χ4v) is 1.76. The molecular formula is C11H13Cl2N3O2. The zero-order valence-electron chi connectivity index (χ0n) is 9.98. The molecule has 0 aliphatic rings. The van der Waals surface area contributed by atoms with E-state index in [0.717, 1.165) is 11.8 Å². The largest absolute Gasteiger partial charge is 0.383 e. The molecule has 1 aromatic rings. The van der Waals surface area contributed by atoms with Gasteiger partial charge in [-0.3, -0.25) is 10.1 Å². The average Bonchev–Trinajstić information content (AvgIpc) is 2.31. The minimum absolute atomic E-state index is 0.211. The summed E-state index contributed by atoms with van der Waals surface area (Å²) in [5, 5.41) is 14.1. The highest BCUT2D eigenvalue weighted by atomic mass is 35.5. The Morgan fingerprint density at radius 1 is 1.67 bits per heavy atom. The van der Waals surface area contributed by atoms with E-state index in [1.165, 1.54) is 0 Å². The Morgan fingerprint density at radius 2 is 2.33 bits per heavy atom. The van der Waals surface area contributed by atoms with Crippen molar-refractivity contribution in [3.63, 3.8) is 0 Å². The number of nitro groups is 1. The van der Waals surface area contributed by atoms with Crippen molar-refractivity contribution in [2.45, 2.75) is 19.8 Å². The Bertz CT molecular complexity index is 477. The van der Waals surface area contributed by atoms with Crippen molar-refractivity contribution in [1.82, 2.24) is 10.3 Å². The van der Waals surface area contributed by atoms with Gasteiger partial charge in [0.2, 0.25) is 0 Å². The summed E-state index contributed by atoms with van der Waals surface area (Å²) in [6, 6.07) is 1.66. The third-order valence-electron chi connectivity index (χ3n) is 2.41. The highest BCUT2D eigenvalue weighted by Crippen LogP contribution is 2.27. The average molecular weight is 290 g/mol. The van der Waals surface area contributed by atoms with E-state index >= 15 is 0 Å². The van der Waals surface area contributed by atoms with E-state index in [0.29, 0.717) is 17.3 Å². The SMILES string of the molecule is CCN/C(=C/[N+](=O)[O-])C(C)c1cnc(Cl)c(Cl)c1. The third kappa shape index (κ3) is 3.85. The number of aromatic nitrogens is 1. The lowest BCUT2D eigenvalue weighted by Gasteiger charge is -2.15. The minimum atomic E-state index is -0.487. The van der Waals surface area contributed by atoms with Gasteiger partial charge in [0.15, 0.2) is 0 Å². The zero-order chi connectivity index (χ0) is 13.7. The van der Waals surface area contributed by atoms with E-state index in [-0.39, 0.29) is 11.1 Å². The van der Waals surface area contributed by atoms with Gasteiger partial charge in [0.25, 0.3) is 6.20 Å². The normalized spacial score (nSPS) is 13.2. The van der Waals surface area contributed by atoms with E-state index in [1.54, 1.807) is 12.3 Å². The summed E-state index contributed by atoms with van der Waals surface area (Å²) in [4.78, 5) is 14.0. The first-order chi connectivity index (χ1) is 8.45. The Labute approximate surface area is 115 Å². The number of allylic oxidation sites excluding steroid dienone is 1. The molecule has 0 bridgehead atoms. The van der Waals surface area contributed by atoms with Crippen molar-refractivity contribution in [2.24, 2.45) is 0 Å². The van der Waals surface area contributed by atoms with Gasteiger partial charge in [-0.25, -0.2) is 4.98 Å². The second-order valence-corrected chi connectivity index (χ2v) is 4.43. The number of hydrogen-bond acceptors (Lipinski definition) is 4. The lowest BCUT2D eigenvalue weighted by atomic mass is 10.00. The third-order valence-corrected chi connectivity index (χ3v) is 3.10. The van der Waals surface area contributed by atoms with Crippen molar-refractivity contribution in [1.29, 1.82) is 0 Å². The predicted molar refractivity (Wildman–Crippen MR) is 71.4 cm³/mol. The zero-order valence-corrected chi connectivity index (χ0v) is 11.5. The van der Waals surface area contributed by atoms with Crippen molar-refractivity contribution in [2.75, 3.05) is 6.54 Å². The summed E-state index contributed by atoms with van der Waals surface area (Å²) < 4.78 is 0. The molecule has 0 aliphatic carbocycles. The monoisotopic (exact) mass is 289 g/mol. The van der Waals surface area contributed by atoms with E-state index in [2.05, 4.69) is 10.3 Å². The molecular weight excluding hydrogens is 277 g/mol. The molecule has 0 saturated heterocycles. The van der Waals surface area contributed by atoms with Gasteiger partial charge in [-0.05, 0) is 18.6 Å². The fraction of sp³-hybridized carbons (Fsp3) is 0.364. The van der Waals surface area contributed by atoms with Gasteiger partial charge >= 0.3 is 0 Å². The van der Waals surface area contributed by atoms with Crippen LogP contribution in [0.4, 0.5) is 0 Å². The van der Waals surface area contributed by atoms with Crippen LogP contribution in [0.1, 0.15) is 25.3 Å². The smallest absolute Gasteiger partial charge is 0.253 e. The van der Waals surface area contributed by atoms with E-state index < -0.39 is 4.92 Å². The number of rotatable bonds is 5. The predicted octanol–water partition coefficient (Wildman–Crippen LogP) is 3.22. The van der Waals surface area contributed by atoms with Crippen LogP contribution in [0.15, 0.2) is 24.2 Å². The van der Waals surface area contributed by atoms with Gasteiger partial charge in [-0.1, -0.05) is 30.1 Å². The molecule has 0 aliphatic heterocycles. The first-order valence-electron chi connectivity index (χ1n) is 5.35. The summed E-state index contributed by atoms with van der Waals surface area (Å²) in [6.07, 6.45) is 2.51. The first-order valence-corrected chi connectivity index (χ1v) is 6.11.